The highest BCUT2D eigenvalue weighted by molar-refractivity contribution is 6.53. The van der Waals surface area contributed by atoms with Gasteiger partial charge in [0, 0.05) is 18.0 Å². The number of halogens is 3. The maximum Gasteiger partial charge on any atom is 0.253 e. The Labute approximate surface area is 245 Å². The predicted octanol–water partition coefficient (Wildman–Crippen LogP) is 4.56. The highest BCUT2D eigenvalue weighted by Crippen LogP contribution is 2.65. The topological polar surface area (TPSA) is 104 Å². The highest BCUT2D eigenvalue weighted by Gasteiger charge is 2.75. The van der Waals surface area contributed by atoms with Crippen LogP contribution in [0.4, 0.5) is 5.69 Å². The van der Waals surface area contributed by atoms with Gasteiger partial charge in [0.15, 0.2) is 21.2 Å². The number of imide groups is 2. The van der Waals surface area contributed by atoms with Crippen molar-refractivity contribution < 1.29 is 29.0 Å². The fourth-order valence-electron chi connectivity index (χ4n) is 6.97. The lowest BCUT2D eigenvalue weighted by Gasteiger charge is -2.50. The van der Waals surface area contributed by atoms with Gasteiger partial charge in [-0.2, -0.15) is 0 Å². The van der Waals surface area contributed by atoms with Gasteiger partial charge in [0.25, 0.3) is 11.8 Å². The van der Waals surface area contributed by atoms with Crippen molar-refractivity contribution in [3.8, 4) is 11.5 Å². The molecular weight excluding hydrogens is 579 g/mol. The van der Waals surface area contributed by atoms with Crippen molar-refractivity contribution in [2.75, 3.05) is 19.1 Å². The molecule has 8 nitrogen and oxygen atoms in total. The molecule has 1 saturated carbocycles. The van der Waals surface area contributed by atoms with E-state index in [1.165, 1.54) is 20.2 Å². The maximum absolute atomic E-state index is 14.0. The number of methoxy groups -OCH3 is 1. The Bertz CT molecular complexity index is 1560. The summed E-state index contributed by atoms with van der Waals surface area (Å²) in [4.78, 5) is 53.1. The van der Waals surface area contributed by atoms with Crippen molar-refractivity contribution in [3.05, 3.63) is 64.2 Å². The van der Waals surface area contributed by atoms with Crippen molar-refractivity contribution in [2.45, 2.75) is 35.4 Å². The number of aryl methyl sites for hydroxylation is 1. The molecule has 1 N–H and O–H groups in total. The molecule has 3 fully saturated rings. The summed E-state index contributed by atoms with van der Waals surface area (Å²) in [5.41, 5.74) is 2.32. The Kier molecular flexibility index (Phi) is 6.08. The monoisotopic (exact) mass is 602 g/mol. The number of likely N-dealkylation sites (tertiary alicyclic amines) is 1. The Hall–Kier alpha value is -3.07. The second-order valence-corrected chi connectivity index (χ2v) is 12.5. The molecule has 2 aromatic rings. The molecule has 2 saturated heterocycles. The van der Waals surface area contributed by atoms with Crippen LogP contribution in [-0.4, -0.2) is 57.5 Å². The number of amides is 4. The molecule has 0 spiro atoms. The van der Waals surface area contributed by atoms with E-state index in [0.29, 0.717) is 21.8 Å². The molecule has 4 aliphatic rings. The molecule has 6 unspecified atom stereocenters. The number of alkyl halides is 2. The van der Waals surface area contributed by atoms with Gasteiger partial charge in [-0.3, -0.25) is 24.1 Å². The largest absolute Gasteiger partial charge is 0.504 e. The first-order valence-electron chi connectivity index (χ1n) is 12.8. The molecule has 2 aromatic carbocycles. The van der Waals surface area contributed by atoms with Gasteiger partial charge in [-0.25, -0.2) is 4.90 Å². The summed E-state index contributed by atoms with van der Waals surface area (Å²) < 4.78 is 5.31. The fourth-order valence-corrected chi connectivity index (χ4v) is 8.16. The number of phenols is 1. The number of carbonyl (C=O) groups excluding carboxylic acids is 4. The molecule has 4 amide bonds. The third kappa shape index (κ3) is 3.33. The van der Waals surface area contributed by atoms with Crippen LogP contribution in [0.2, 0.25) is 5.02 Å². The maximum atomic E-state index is 14.0. The minimum Gasteiger partial charge on any atom is -0.504 e. The number of allylic oxidation sites excluding steroid dienone is 2. The number of aromatic hydroxyl groups is 1. The van der Waals surface area contributed by atoms with Gasteiger partial charge in [-0.15, -0.1) is 23.2 Å². The van der Waals surface area contributed by atoms with Crippen LogP contribution in [0.25, 0.3) is 0 Å². The number of carbonyl (C=O) groups is 4. The molecule has 2 heterocycles. The number of hydrogen-bond donors (Lipinski definition) is 1. The number of ether oxygens (including phenoxy) is 1. The van der Waals surface area contributed by atoms with E-state index in [0.717, 1.165) is 15.4 Å². The van der Waals surface area contributed by atoms with Crippen LogP contribution < -0.4 is 9.64 Å². The number of phenolic OH excluding ortho intramolecular Hbond substituents is 1. The Balaban J connectivity index is 1.51. The van der Waals surface area contributed by atoms with Gasteiger partial charge >= 0.3 is 0 Å². The lowest BCUT2D eigenvalue weighted by atomic mass is 9.56. The minimum absolute atomic E-state index is 0.104. The lowest BCUT2D eigenvalue weighted by molar-refractivity contribution is -0.138. The van der Waals surface area contributed by atoms with Crippen molar-refractivity contribution >= 4 is 64.1 Å². The first-order valence-corrected chi connectivity index (χ1v) is 13.9. The van der Waals surface area contributed by atoms with E-state index in [4.69, 9.17) is 39.5 Å². The third-order valence-electron chi connectivity index (χ3n) is 8.96. The van der Waals surface area contributed by atoms with Crippen molar-refractivity contribution in [2.24, 2.45) is 17.8 Å². The van der Waals surface area contributed by atoms with Gasteiger partial charge < -0.3 is 9.84 Å². The van der Waals surface area contributed by atoms with Crippen LogP contribution in [0.15, 0.2) is 48.0 Å². The van der Waals surface area contributed by atoms with Crippen LogP contribution in [0.3, 0.4) is 0 Å². The average Bonchev–Trinajstić information content (AvgIpc) is 3.25. The molecule has 0 bridgehead atoms. The standard InChI is InChI=1S/C29H25Cl3N2O6/c1-13-4-6-15(11-19(13)30)34-24(36)17-8-7-16-18(22(17)25(34)37)12-28(31)26(38)33(2)27(39)29(28,32)23(16)14-5-9-20(35)21(10-14)40-3/h4-7,9-11,17-18,22-23,35H,8,12H2,1-3H3. The quantitative estimate of drug-likeness (QED) is 0.314. The van der Waals surface area contributed by atoms with Crippen molar-refractivity contribution in [1.82, 2.24) is 4.90 Å². The number of nitrogens with zero attached hydrogens (tertiary/aromatic N) is 2. The van der Waals surface area contributed by atoms with Crippen LogP contribution in [0, 0.1) is 24.7 Å². The summed E-state index contributed by atoms with van der Waals surface area (Å²) in [7, 11) is 2.72. The molecule has 40 heavy (non-hydrogen) atoms. The summed E-state index contributed by atoms with van der Waals surface area (Å²) in [6.45, 7) is 1.82. The van der Waals surface area contributed by atoms with Crippen molar-refractivity contribution in [3.63, 3.8) is 0 Å². The number of benzene rings is 2. The lowest BCUT2D eigenvalue weighted by Crippen LogP contribution is -2.60. The van der Waals surface area contributed by atoms with E-state index < -0.39 is 51.1 Å². The summed E-state index contributed by atoms with van der Waals surface area (Å²) in [6.07, 6.45) is 1.99. The van der Waals surface area contributed by atoms with E-state index in [1.54, 1.807) is 30.3 Å². The second kappa shape index (κ2) is 8.96. The normalized spacial score (nSPS) is 33.1. The SMILES string of the molecule is COc1cc(C2C3=CCC4C(=O)N(c5ccc(C)c(Cl)c5)C(=O)C4C3CC3(Cl)C(=O)N(C)C(=O)C23Cl)ccc1O. The van der Waals surface area contributed by atoms with Crippen LogP contribution in [0.1, 0.15) is 29.9 Å². The number of fused-ring (bicyclic) bond motifs is 4. The zero-order valence-corrected chi connectivity index (χ0v) is 24.0. The van der Waals surface area contributed by atoms with E-state index in [1.807, 2.05) is 13.0 Å². The smallest absolute Gasteiger partial charge is 0.253 e. The zero-order chi connectivity index (χ0) is 28.9. The summed E-state index contributed by atoms with van der Waals surface area (Å²) >= 11 is 20.6. The summed E-state index contributed by atoms with van der Waals surface area (Å²) in [6, 6.07) is 9.57. The van der Waals surface area contributed by atoms with E-state index in [9.17, 15) is 24.3 Å². The number of rotatable bonds is 3. The van der Waals surface area contributed by atoms with Gasteiger partial charge in [-0.05, 0) is 61.1 Å². The molecule has 6 rings (SSSR count). The number of hydrogen-bond acceptors (Lipinski definition) is 6. The summed E-state index contributed by atoms with van der Waals surface area (Å²) in [5, 5.41) is 10.7. The molecular formula is C29H25Cl3N2O6. The molecule has 0 aromatic heterocycles. The first kappa shape index (κ1) is 27.1. The van der Waals surface area contributed by atoms with Gasteiger partial charge in [0.2, 0.25) is 11.8 Å². The van der Waals surface area contributed by atoms with Gasteiger partial charge in [0.05, 0.1) is 24.6 Å². The zero-order valence-electron chi connectivity index (χ0n) is 21.8. The summed E-state index contributed by atoms with van der Waals surface area (Å²) in [5.74, 6) is -5.15. The Morgan fingerprint density at radius 1 is 1.00 bits per heavy atom. The second-order valence-electron chi connectivity index (χ2n) is 10.9. The number of anilines is 1. The van der Waals surface area contributed by atoms with Crippen LogP contribution in [-0.2, 0) is 19.2 Å². The van der Waals surface area contributed by atoms with E-state index in [2.05, 4.69) is 0 Å². The van der Waals surface area contributed by atoms with Crippen LogP contribution >= 0.6 is 34.8 Å². The Morgan fingerprint density at radius 2 is 1.73 bits per heavy atom. The molecule has 11 heteroatoms. The molecule has 0 radical (unpaired) electrons. The van der Waals surface area contributed by atoms with Gasteiger partial charge in [-0.1, -0.05) is 35.4 Å². The fraction of sp³-hybridized carbons (Fsp3) is 0.379. The molecule has 2 aliphatic heterocycles. The third-order valence-corrected chi connectivity index (χ3v) is 10.8. The average molecular weight is 604 g/mol. The van der Waals surface area contributed by atoms with Crippen molar-refractivity contribution in [1.29, 1.82) is 0 Å². The van der Waals surface area contributed by atoms with Gasteiger partial charge in [0.1, 0.15) is 0 Å². The van der Waals surface area contributed by atoms with E-state index in [-0.39, 0.29) is 30.2 Å². The molecule has 6 atom stereocenters. The molecule has 208 valence electrons. The Morgan fingerprint density at radius 3 is 2.40 bits per heavy atom. The minimum atomic E-state index is -1.91. The molecule has 2 aliphatic carbocycles. The van der Waals surface area contributed by atoms with E-state index >= 15 is 0 Å². The highest BCUT2D eigenvalue weighted by atomic mass is 35.5. The predicted molar refractivity (Wildman–Crippen MR) is 149 cm³/mol. The van der Waals surface area contributed by atoms with Crippen LogP contribution in [0.5, 0.6) is 11.5 Å². The first-order chi connectivity index (χ1) is 18.9.